The predicted molar refractivity (Wildman–Crippen MR) is 121 cm³/mol. The van der Waals surface area contributed by atoms with Crippen LogP contribution in [0.2, 0.25) is 0 Å². The smallest absolute Gasteiger partial charge is 0.271 e. The van der Waals surface area contributed by atoms with Crippen LogP contribution in [0.1, 0.15) is 30.0 Å². The standard InChI is InChI=1S/C24H19N3O4S/c1-14-8-9-18(31-14)21-20(22(28)26-17-6-4-3-5-7-17)15(2)25-24-27(21)23(29)19(32-24)12-16-10-11-30-13-16/h3-13,21H,1-2H3,(H,26,28). The van der Waals surface area contributed by atoms with Crippen molar-refractivity contribution in [1.29, 1.82) is 0 Å². The fraction of sp³-hybridized carbons (Fsp3) is 0.125. The molecule has 0 saturated heterocycles. The molecule has 1 N–H and O–H groups in total. The number of furan rings is 2. The van der Waals surface area contributed by atoms with Gasteiger partial charge in [0.15, 0.2) is 4.80 Å². The Morgan fingerprint density at radius 2 is 1.97 bits per heavy atom. The van der Waals surface area contributed by atoms with Crippen molar-refractivity contribution in [2.24, 2.45) is 4.99 Å². The Labute approximate surface area is 186 Å². The fourth-order valence-corrected chi connectivity index (χ4v) is 4.76. The number of aromatic nitrogens is 1. The average Bonchev–Trinajstić information content (AvgIpc) is 3.50. The molecule has 3 aromatic heterocycles. The summed E-state index contributed by atoms with van der Waals surface area (Å²) >= 11 is 1.27. The Morgan fingerprint density at radius 1 is 1.16 bits per heavy atom. The van der Waals surface area contributed by atoms with E-state index in [1.165, 1.54) is 15.9 Å². The third-order valence-corrected chi connectivity index (χ3v) is 6.15. The first-order valence-electron chi connectivity index (χ1n) is 9.99. The van der Waals surface area contributed by atoms with Crippen LogP contribution in [0.5, 0.6) is 0 Å². The number of nitrogens with zero attached hydrogens (tertiary/aromatic N) is 2. The molecule has 7 nitrogen and oxygen atoms in total. The van der Waals surface area contributed by atoms with E-state index in [0.717, 1.165) is 5.56 Å². The number of aryl methyl sites for hydroxylation is 1. The molecule has 1 aromatic carbocycles. The molecule has 160 valence electrons. The first kappa shape index (κ1) is 20.0. The number of nitrogens with one attached hydrogen (secondary N) is 1. The molecule has 1 amide bonds. The van der Waals surface area contributed by atoms with E-state index in [9.17, 15) is 9.59 Å². The van der Waals surface area contributed by atoms with Gasteiger partial charge in [-0.1, -0.05) is 29.5 Å². The molecule has 4 aromatic rings. The number of rotatable bonds is 4. The number of allylic oxidation sites excluding steroid dienone is 1. The number of fused-ring (bicyclic) bond motifs is 1. The molecule has 0 spiro atoms. The SMILES string of the molecule is CC1=C(C(=O)Nc2ccccc2)C(c2ccc(C)o2)n2c(sc(=Cc3ccoc3)c2=O)=N1. The molecule has 1 aliphatic rings. The summed E-state index contributed by atoms with van der Waals surface area (Å²) in [4.78, 5) is 31.9. The van der Waals surface area contributed by atoms with Crippen molar-refractivity contribution in [3.63, 3.8) is 0 Å². The van der Waals surface area contributed by atoms with E-state index in [1.807, 2.05) is 31.2 Å². The lowest BCUT2D eigenvalue weighted by atomic mass is 10.00. The van der Waals surface area contributed by atoms with Crippen LogP contribution in [0.4, 0.5) is 5.69 Å². The maximum atomic E-state index is 13.4. The summed E-state index contributed by atoms with van der Waals surface area (Å²) in [7, 11) is 0. The Morgan fingerprint density at radius 3 is 2.66 bits per heavy atom. The third-order valence-electron chi connectivity index (χ3n) is 5.17. The summed E-state index contributed by atoms with van der Waals surface area (Å²) in [6, 6.07) is 13.8. The third kappa shape index (κ3) is 3.54. The van der Waals surface area contributed by atoms with Gasteiger partial charge in [0.1, 0.15) is 17.6 Å². The Hall–Kier alpha value is -3.91. The van der Waals surface area contributed by atoms with Crippen LogP contribution in [0.3, 0.4) is 0 Å². The summed E-state index contributed by atoms with van der Waals surface area (Å²) in [5.74, 6) is 0.865. The number of anilines is 1. The largest absolute Gasteiger partial charge is 0.472 e. The molecular formula is C24H19N3O4S. The monoisotopic (exact) mass is 445 g/mol. The molecule has 8 heteroatoms. The number of benzene rings is 1. The molecule has 0 bridgehead atoms. The highest BCUT2D eigenvalue weighted by atomic mass is 32.1. The maximum Gasteiger partial charge on any atom is 0.271 e. The van der Waals surface area contributed by atoms with Crippen molar-refractivity contribution in [3.8, 4) is 0 Å². The molecule has 1 aliphatic heterocycles. The molecule has 1 unspecified atom stereocenters. The fourth-order valence-electron chi connectivity index (χ4n) is 3.71. The molecule has 1 atom stereocenters. The number of amides is 1. The highest BCUT2D eigenvalue weighted by Crippen LogP contribution is 2.31. The van der Waals surface area contributed by atoms with E-state index in [-0.39, 0.29) is 11.5 Å². The summed E-state index contributed by atoms with van der Waals surface area (Å²) in [6.45, 7) is 3.60. The molecular weight excluding hydrogens is 426 g/mol. The van der Waals surface area contributed by atoms with Gasteiger partial charge in [-0.3, -0.25) is 14.2 Å². The van der Waals surface area contributed by atoms with E-state index in [0.29, 0.717) is 37.8 Å². The lowest BCUT2D eigenvalue weighted by molar-refractivity contribution is -0.113. The van der Waals surface area contributed by atoms with Gasteiger partial charge >= 0.3 is 0 Å². The number of carbonyl (C=O) groups excluding carboxylic acids is 1. The molecule has 0 fully saturated rings. The van der Waals surface area contributed by atoms with Crippen molar-refractivity contribution < 1.29 is 13.6 Å². The van der Waals surface area contributed by atoms with Crippen LogP contribution in [0.15, 0.2) is 90.9 Å². The normalized spacial score (nSPS) is 16.1. The molecule has 32 heavy (non-hydrogen) atoms. The second kappa shape index (κ2) is 7.97. The van der Waals surface area contributed by atoms with Gasteiger partial charge in [0.05, 0.1) is 28.3 Å². The van der Waals surface area contributed by atoms with Crippen molar-refractivity contribution in [2.45, 2.75) is 19.9 Å². The van der Waals surface area contributed by atoms with Crippen molar-refractivity contribution in [1.82, 2.24) is 4.57 Å². The Kier molecular flexibility index (Phi) is 4.99. The van der Waals surface area contributed by atoms with Gasteiger partial charge in [-0.25, -0.2) is 4.99 Å². The number of para-hydroxylation sites is 1. The minimum Gasteiger partial charge on any atom is -0.472 e. The first-order valence-corrected chi connectivity index (χ1v) is 10.8. The quantitative estimate of drug-likeness (QED) is 0.522. The van der Waals surface area contributed by atoms with Crippen LogP contribution < -0.4 is 20.2 Å². The zero-order valence-corrected chi connectivity index (χ0v) is 18.2. The van der Waals surface area contributed by atoms with Gasteiger partial charge in [0.2, 0.25) is 0 Å². The van der Waals surface area contributed by atoms with E-state index in [4.69, 9.17) is 8.83 Å². The van der Waals surface area contributed by atoms with Crippen LogP contribution in [-0.2, 0) is 4.79 Å². The lowest BCUT2D eigenvalue weighted by Gasteiger charge is -2.23. The van der Waals surface area contributed by atoms with Gasteiger partial charge in [-0.15, -0.1) is 0 Å². The number of thiazole rings is 1. The van der Waals surface area contributed by atoms with Crippen LogP contribution in [-0.4, -0.2) is 10.5 Å². The molecule has 0 saturated carbocycles. The average molecular weight is 446 g/mol. The lowest BCUT2D eigenvalue weighted by Crippen LogP contribution is -2.40. The zero-order valence-electron chi connectivity index (χ0n) is 17.4. The van der Waals surface area contributed by atoms with E-state index < -0.39 is 6.04 Å². The van der Waals surface area contributed by atoms with Gasteiger partial charge in [0, 0.05) is 11.3 Å². The minimum atomic E-state index is -0.727. The summed E-state index contributed by atoms with van der Waals surface area (Å²) in [5.41, 5.74) is 2.09. The minimum absolute atomic E-state index is 0.244. The number of carbonyl (C=O) groups is 1. The van der Waals surface area contributed by atoms with Crippen LogP contribution in [0.25, 0.3) is 6.08 Å². The maximum absolute atomic E-state index is 13.4. The summed E-state index contributed by atoms with van der Waals surface area (Å²) in [5, 5.41) is 2.91. The summed E-state index contributed by atoms with van der Waals surface area (Å²) < 4.78 is 13.0. The Balaban J connectivity index is 1.68. The molecule has 4 heterocycles. The van der Waals surface area contributed by atoms with Gasteiger partial charge in [-0.05, 0) is 50.3 Å². The summed E-state index contributed by atoms with van der Waals surface area (Å²) in [6.07, 6.45) is 4.86. The van der Waals surface area contributed by atoms with Crippen LogP contribution in [0, 0.1) is 6.92 Å². The predicted octanol–water partition coefficient (Wildman–Crippen LogP) is 3.37. The molecule has 0 radical (unpaired) electrons. The molecule has 5 rings (SSSR count). The highest BCUT2D eigenvalue weighted by Gasteiger charge is 2.34. The highest BCUT2D eigenvalue weighted by molar-refractivity contribution is 7.07. The second-order valence-corrected chi connectivity index (χ2v) is 8.42. The van der Waals surface area contributed by atoms with E-state index in [2.05, 4.69) is 10.3 Å². The number of hydrogen-bond donors (Lipinski definition) is 1. The second-order valence-electron chi connectivity index (χ2n) is 7.41. The van der Waals surface area contributed by atoms with Crippen LogP contribution >= 0.6 is 11.3 Å². The Bertz CT molecular complexity index is 1510. The molecule has 0 aliphatic carbocycles. The van der Waals surface area contributed by atoms with Crippen molar-refractivity contribution >= 4 is 29.0 Å². The zero-order chi connectivity index (χ0) is 22.2. The van der Waals surface area contributed by atoms with Gasteiger partial charge in [-0.2, -0.15) is 0 Å². The van der Waals surface area contributed by atoms with E-state index in [1.54, 1.807) is 49.8 Å². The number of hydrogen-bond acceptors (Lipinski definition) is 6. The van der Waals surface area contributed by atoms with E-state index >= 15 is 0 Å². The van der Waals surface area contributed by atoms with Crippen molar-refractivity contribution in [3.05, 3.63) is 109 Å². The van der Waals surface area contributed by atoms with Crippen molar-refractivity contribution in [2.75, 3.05) is 5.32 Å². The topological polar surface area (TPSA) is 89.7 Å². The first-order chi connectivity index (χ1) is 15.5. The van der Waals surface area contributed by atoms with Gasteiger partial charge < -0.3 is 14.2 Å². The van der Waals surface area contributed by atoms with Gasteiger partial charge in [0.25, 0.3) is 11.5 Å².